The molecular formula is C19H20N2OS. The second kappa shape index (κ2) is 7.70. The van der Waals surface area contributed by atoms with Crippen LogP contribution in [0.1, 0.15) is 16.7 Å². The van der Waals surface area contributed by atoms with Gasteiger partial charge in [-0.05, 0) is 36.3 Å². The van der Waals surface area contributed by atoms with E-state index in [1.807, 2.05) is 62.6 Å². The van der Waals surface area contributed by atoms with Gasteiger partial charge in [-0.2, -0.15) is 4.57 Å². The lowest BCUT2D eigenvalue weighted by molar-refractivity contribution is -0.577. The van der Waals surface area contributed by atoms with Crippen LogP contribution in [0.3, 0.4) is 0 Å². The molecule has 1 N–H and O–H groups in total. The summed E-state index contributed by atoms with van der Waals surface area (Å²) in [6, 6.07) is 11.3. The van der Waals surface area contributed by atoms with Gasteiger partial charge >= 0.3 is 0 Å². The van der Waals surface area contributed by atoms with E-state index in [1.165, 1.54) is 0 Å². The molecule has 0 saturated carbocycles. The molecule has 0 aliphatic carbocycles. The molecule has 23 heavy (non-hydrogen) atoms. The molecule has 0 saturated heterocycles. The summed E-state index contributed by atoms with van der Waals surface area (Å²) in [7, 11) is 0. The zero-order valence-electron chi connectivity index (χ0n) is 13.4. The third-order valence-electron chi connectivity index (χ3n) is 3.58. The van der Waals surface area contributed by atoms with Crippen LogP contribution in [0.25, 0.3) is 11.5 Å². The Labute approximate surface area is 142 Å². The average Bonchev–Trinajstić information content (AvgIpc) is 2.56. The molecule has 4 heteroatoms. The van der Waals surface area contributed by atoms with Gasteiger partial charge in [0.05, 0.1) is 0 Å². The van der Waals surface area contributed by atoms with Crippen LogP contribution < -0.4 is 15.0 Å². The number of pyridine rings is 1. The summed E-state index contributed by atoms with van der Waals surface area (Å²) in [5.41, 5.74) is 3.30. The van der Waals surface area contributed by atoms with Crippen molar-refractivity contribution in [2.24, 2.45) is 0 Å². The topological polar surface area (TPSA) is 39.0 Å². The summed E-state index contributed by atoms with van der Waals surface area (Å²) in [6.45, 7) is 8.20. The molecule has 0 unspecified atom stereocenters. The molecule has 2 aromatic rings. The number of hydrogen-bond donors (Lipinski definition) is 1. The molecule has 2 rings (SSSR count). The van der Waals surface area contributed by atoms with Gasteiger partial charge in [-0.3, -0.25) is 0 Å². The molecule has 0 atom stereocenters. The highest BCUT2D eigenvalue weighted by atomic mass is 32.1. The maximum atomic E-state index is 13.0. The van der Waals surface area contributed by atoms with Crippen LogP contribution in [0.5, 0.6) is 0 Å². The van der Waals surface area contributed by atoms with Crippen molar-refractivity contribution in [2.45, 2.75) is 13.8 Å². The molecular weight excluding hydrogens is 304 g/mol. The molecule has 0 aliphatic rings. The minimum atomic E-state index is -0.106. The summed E-state index contributed by atoms with van der Waals surface area (Å²) in [6.07, 6.45) is 5.34. The Morgan fingerprint density at radius 2 is 1.91 bits per heavy atom. The number of rotatable bonds is 5. The first-order valence-electron chi connectivity index (χ1n) is 7.39. The largest absolute Gasteiger partial charge is 0.867 e. The van der Waals surface area contributed by atoms with Crippen LogP contribution >= 0.6 is 12.2 Å². The van der Waals surface area contributed by atoms with Crippen LogP contribution in [0.4, 0.5) is 0 Å². The highest BCUT2D eigenvalue weighted by Gasteiger charge is 2.17. The van der Waals surface area contributed by atoms with E-state index < -0.39 is 0 Å². The molecule has 0 amide bonds. The molecule has 1 heterocycles. The number of aryl methyl sites for hydroxylation is 2. The van der Waals surface area contributed by atoms with Crippen LogP contribution in [-0.4, -0.2) is 11.5 Å². The van der Waals surface area contributed by atoms with E-state index in [4.69, 9.17) is 12.2 Å². The molecule has 1 aromatic carbocycles. The zero-order chi connectivity index (χ0) is 16.8. The molecule has 0 bridgehead atoms. The molecule has 3 nitrogen and oxygen atoms in total. The second-order valence-electron chi connectivity index (χ2n) is 5.26. The summed E-state index contributed by atoms with van der Waals surface area (Å²) < 4.78 is 1.75. The Morgan fingerprint density at radius 1 is 1.22 bits per heavy atom. The van der Waals surface area contributed by atoms with Gasteiger partial charge in [0, 0.05) is 18.7 Å². The van der Waals surface area contributed by atoms with Crippen molar-refractivity contribution in [3.63, 3.8) is 0 Å². The molecule has 118 valence electrons. The number of benzene rings is 1. The van der Waals surface area contributed by atoms with Crippen LogP contribution in [0, 0.1) is 13.8 Å². The maximum absolute atomic E-state index is 13.0. The first kappa shape index (κ1) is 16.9. The Bertz CT molecular complexity index is 751. The van der Waals surface area contributed by atoms with E-state index in [1.54, 1.807) is 10.6 Å². The average molecular weight is 324 g/mol. The Hall–Kier alpha value is -2.46. The first-order valence-corrected chi connectivity index (χ1v) is 7.80. The van der Waals surface area contributed by atoms with Gasteiger partial charge in [0.25, 0.3) is 0 Å². The van der Waals surface area contributed by atoms with Crippen LogP contribution in [0.15, 0.2) is 61.4 Å². The van der Waals surface area contributed by atoms with E-state index >= 15 is 0 Å². The molecule has 0 spiro atoms. The number of nitrogens with one attached hydrogen (secondary N) is 1. The van der Waals surface area contributed by atoms with E-state index in [2.05, 4.69) is 11.9 Å². The summed E-state index contributed by atoms with van der Waals surface area (Å²) in [5, 5.41) is 16.0. The zero-order valence-corrected chi connectivity index (χ0v) is 14.2. The standard InChI is InChI=1S/C19H20N2OS/c1-4-10-20-19(23)17(21-11-6-5-7-12-21)18(22)16-9-8-14(2)15(3)13-16/h4-9,11-13H,1,10H2,2-3H3,(H-,20,22,23). The fourth-order valence-electron chi connectivity index (χ4n) is 2.15. The van der Waals surface area contributed by atoms with Gasteiger partial charge in [-0.15, -0.1) is 6.58 Å². The minimum absolute atomic E-state index is 0.106. The lowest BCUT2D eigenvalue weighted by Gasteiger charge is -2.17. The van der Waals surface area contributed by atoms with Gasteiger partial charge in [0.1, 0.15) is 0 Å². The van der Waals surface area contributed by atoms with E-state index in [0.29, 0.717) is 22.8 Å². The maximum Gasteiger partial charge on any atom is 0.237 e. The summed E-state index contributed by atoms with van der Waals surface area (Å²) >= 11 is 5.42. The fraction of sp³-hybridized carbons (Fsp3) is 0.158. The van der Waals surface area contributed by atoms with Gasteiger partial charge in [-0.25, -0.2) is 0 Å². The van der Waals surface area contributed by atoms with Crippen molar-refractivity contribution in [1.82, 2.24) is 5.32 Å². The number of aromatic nitrogens is 1. The second-order valence-corrected chi connectivity index (χ2v) is 5.67. The third kappa shape index (κ3) is 4.05. The number of nitrogens with zero attached hydrogens (tertiary/aromatic N) is 1. The quantitative estimate of drug-likeness (QED) is 0.302. The molecule has 0 radical (unpaired) electrons. The number of hydrogen-bond acceptors (Lipinski definition) is 2. The smallest absolute Gasteiger partial charge is 0.237 e. The Balaban J connectivity index is 2.56. The summed E-state index contributed by atoms with van der Waals surface area (Å²) in [5.74, 6) is -0.106. The van der Waals surface area contributed by atoms with E-state index in [9.17, 15) is 5.11 Å². The lowest BCUT2D eigenvalue weighted by Crippen LogP contribution is -2.42. The highest BCUT2D eigenvalue weighted by Crippen LogP contribution is 2.18. The van der Waals surface area contributed by atoms with Gasteiger partial charge in [0.2, 0.25) is 5.70 Å². The van der Waals surface area contributed by atoms with Gasteiger partial charge < -0.3 is 10.4 Å². The third-order valence-corrected chi connectivity index (χ3v) is 3.92. The molecule has 0 fully saturated rings. The minimum Gasteiger partial charge on any atom is -0.867 e. The predicted molar refractivity (Wildman–Crippen MR) is 96.5 cm³/mol. The highest BCUT2D eigenvalue weighted by molar-refractivity contribution is 7.81. The Kier molecular flexibility index (Phi) is 5.66. The predicted octanol–water partition coefficient (Wildman–Crippen LogP) is 2.38. The summed E-state index contributed by atoms with van der Waals surface area (Å²) in [4.78, 5) is 0.407. The van der Waals surface area contributed by atoms with Crippen molar-refractivity contribution >= 4 is 28.7 Å². The van der Waals surface area contributed by atoms with Gasteiger partial charge in [-0.1, -0.05) is 42.6 Å². The van der Waals surface area contributed by atoms with Crippen molar-refractivity contribution in [1.29, 1.82) is 0 Å². The lowest BCUT2D eigenvalue weighted by atomic mass is 10.0. The van der Waals surface area contributed by atoms with Crippen molar-refractivity contribution < 1.29 is 9.67 Å². The Morgan fingerprint density at radius 3 is 2.52 bits per heavy atom. The van der Waals surface area contributed by atoms with Crippen molar-refractivity contribution in [3.05, 3.63) is 78.1 Å². The molecule has 1 aromatic heterocycles. The number of thiocarbonyl (C=S) groups is 1. The van der Waals surface area contributed by atoms with Crippen molar-refractivity contribution in [3.8, 4) is 0 Å². The fourth-order valence-corrected chi connectivity index (χ4v) is 2.43. The van der Waals surface area contributed by atoms with E-state index in [-0.39, 0.29) is 5.76 Å². The van der Waals surface area contributed by atoms with Crippen LogP contribution in [-0.2, 0) is 0 Å². The monoisotopic (exact) mass is 324 g/mol. The molecule has 0 aliphatic heterocycles. The van der Waals surface area contributed by atoms with Crippen molar-refractivity contribution in [2.75, 3.05) is 6.54 Å². The SMILES string of the molecule is C=CCNC(=S)/C(=C(/[O-])c1ccc(C)c(C)c1)[n+]1ccccc1. The van der Waals surface area contributed by atoms with Crippen LogP contribution in [0.2, 0.25) is 0 Å². The van der Waals surface area contributed by atoms with Gasteiger partial charge in [0.15, 0.2) is 17.4 Å². The van der Waals surface area contributed by atoms with E-state index in [0.717, 1.165) is 11.1 Å². The first-order chi connectivity index (χ1) is 11.0. The normalized spacial score (nSPS) is 11.6.